The van der Waals surface area contributed by atoms with E-state index >= 15 is 0 Å². The molecule has 0 aliphatic rings. The first-order chi connectivity index (χ1) is 6.56. The van der Waals surface area contributed by atoms with Crippen molar-refractivity contribution in [2.45, 2.75) is 37.2 Å². The van der Waals surface area contributed by atoms with Crippen LogP contribution in [0.5, 0.6) is 0 Å². The molecule has 6 heteroatoms. The summed E-state index contributed by atoms with van der Waals surface area (Å²) in [5.41, 5.74) is 5.35. The minimum atomic E-state index is -0.160. The third-order valence-corrected chi connectivity index (χ3v) is 2.92. The molecule has 1 aromatic rings. The topological polar surface area (TPSA) is 76.7 Å². The van der Waals surface area contributed by atoms with Gasteiger partial charge in [0.15, 0.2) is 5.16 Å². The highest BCUT2D eigenvalue weighted by Gasteiger charge is 2.13. The molecule has 1 atom stereocenters. The van der Waals surface area contributed by atoms with Gasteiger partial charge in [-0.05, 0) is 13.8 Å². The monoisotopic (exact) mass is 216 g/mol. The Morgan fingerprint density at radius 3 is 2.71 bits per heavy atom. The van der Waals surface area contributed by atoms with Crippen LogP contribution in [0.4, 0.5) is 0 Å². The summed E-state index contributed by atoms with van der Waals surface area (Å²) in [5, 5.41) is 7.38. The van der Waals surface area contributed by atoms with Crippen LogP contribution in [0.25, 0.3) is 0 Å². The molecule has 0 aliphatic carbocycles. The van der Waals surface area contributed by atoms with Crippen LogP contribution >= 0.6 is 11.8 Å². The Morgan fingerprint density at radius 1 is 1.57 bits per heavy atom. The van der Waals surface area contributed by atoms with E-state index in [9.17, 15) is 4.79 Å². The third-order valence-electron chi connectivity index (χ3n) is 1.83. The smallest absolute Gasteiger partial charge is 0.329 e. The van der Waals surface area contributed by atoms with Gasteiger partial charge in [-0.25, -0.2) is 9.89 Å². The van der Waals surface area contributed by atoms with Gasteiger partial charge in [0.25, 0.3) is 0 Å². The molecule has 80 valence electrons. The summed E-state index contributed by atoms with van der Waals surface area (Å²) in [6.07, 6.45) is 0. The molecule has 0 radical (unpaired) electrons. The van der Waals surface area contributed by atoms with Crippen molar-refractivity contribution in [1.29, 1.82) is 0 Å². The second kappa shape index (κ2) is 4.65. The maximum Gasteiger partial charge on any atom is 0.344 e. The molecule has 3 N–H and O–H groups in total. The lowest BCUT2D eigenvalue weighted by molar-refractivity contribution is 0.533. The summed E-state index contributed by atoms with van der Waals surface area (Å²) in [5.74, 6) is 0. The Morgan fingerprint density at radius 2 is 2.21 bits per heavy atom. The van der Waals surface area contributed by atoms with Gasteiger partial charge in [0, 0.05) is 17.8 Å². The molecule has 0 aromatic carbocycles. The second-order valence-corrected chi connectivity index (χ2v) is 4.84. The van der Waals surface area contributed by atoms with Crippen LogP contribution in [0, 0.1) is 0 Å². The molecule has 0 spiro atoms. The third kappa shape index (κ3) is 2.39. The van der Waals surface area contributed by atoms with Crippen LogP contribution < -0.4 is 11.4 Å². The molecule has 1 unspecified atom stereocenters. The maximum atomic E-state index is 11.4. The highest BCUT2D eigenvalue weighted by atomic mass is 32.2. The van der Waals surface area contributed by atoms with Crippen LogP contribution in [0.1, 0.15) is 26.8 Å². The van der Waals surface area contributed by atoms with Crippen molar-refractivity contribution >= 4 is 11.8 Å². The average Bonchev–Trinajstić information content (AvgIpc) is 2.46. The Bertz CT molecular complexity index is 343. The number of nitrogens with zero attached hydrogens (tertiary/aromatic N) is 2. The molecule has 0 bridgehead atoms. The molecule has 0 fully saturated rings. The zero-order valence-electron chi connectivity index (χ0n) is 8.65. The van der Waals surface area contributed by atoms with E-state index in [0.717, 1.165) is 0 Å². The molecule has 0 saturated carbocycles. The molecule has 0 saturated heterocycles. The van der Waals surface area contributed by atoms with Gasteiger partial charge in [-0.15, -0.1) is 5.10 Å². The second-order valence-electron chi connectivity index (χ2n) is 3.44. The summed E-state index contributed by atoms with van der Waals surface area (Å²) in [6.45, 7) is 6.49. The highest BCUT2D eigenvalue weighted by molar-refractivity contribution is 7.99. The van der Waals surface area contributed by atoms with Crippen LogP contribution in [0.15, 0.2) is 9.95 Å². The molecular weight excluding hydrogens is 200 g/mol. The molecule has 1 aromatic heterocycles. The van der Waals surface area contributed by atoms with Crippen molar-refractivity contribution in [3.63, 3.8) is 0 Å². The fourth-order valence-electron chi connectivity index (χ4n) is 1.06. The summed E-state index contributed by atoms with van der Waals surface area (Å²) in [6, 6.07) is 0.119. The average molecular weight is 216 g/mol. The zero-order valence-corrected chi connectivity index (χ0v) is 9.47. The Labute approximate surface area is 87.1 Å². The van der Waals surface area contributed by atoms with E-state index in [1.165, 1.54) is 11.8 Å². The molecule has 5 nitrogen and oxygen atoms in total. The Kier molecular flexibility index (Phi) is 3.77. The molecule has 0 aliphatic heterocycles. The van der Waals surface area contributed by atoms with Crippen molar-refractivity contribution < 1.29 is 0 Å². The van der Waals surface area contributed by atoms with Crippen molar-refractivity contribution in [2.75, 3.05) is 6.54 Å². The van der Waals surface area contributed by atoms with E-state index in [-0.39, 0.29) is 17.0 Å². The lowest BCUT2D eigenvalue weighted by atomic mass is 10.4. The number of hydrogen-bond donors (Lipinski definition) is 2. The number of hydrogen-bond acceptors (Lipinski definition) is 4. The molecular formula is C8H16N4OS. The summed E-state index contributed by atoms with van der Waals surface area (Å²) < 4.78 is 1.64. The van der Waals surface area contributed by atoms with Crippen molar-refractivity contribution in [3.8, 4) is 0 Å². The lowest BCUT2D eigenvalue weighted by Gasteiger charge is -2.11. The minimum absolute atomic E-state index is 0.119. The van der Waals surface area contributed by atoms with Gasteiger partial charge in [-0.3, -0.25) is 4.57 Å². The first kappa shape index (κ1) is 11.3. The SMILES string of the molecule is CC(CN)Sc1n[nH]c(=O)n1C(C)C. The predicted molar refractivity (Wildman–Crippen MR) is 57.6 cm³/mol. The predicted octanol–water partition coefficient (Wildman–Crippen LogP) is 0.592. The molecule has 14 heavy (non-hydrogen) atoms. The van der Waals surface area contributed by atoms with Crippen LogP contribution in [-0.4, -0.2) is 26.6 Å². The quantitative estimate of drug-likeness (QED) is 0.722. The normalized spacial score (nSPS) is 13.5. The largest absolute Gasteiger partial charge is 0.344 e. The lowest BCUT2D eigenvalue weighted by Crippen LogP contribution is -2.20. The van der Waals surface area contributed by atoms with Gasteiger partial charge in [0.05, 0.1) is 0 Å². The van der Waals surface area contributed by atoms with Crippen LogP contribution in [0.3, 0.4) is 0 Å². The van der Waals surface area contributed by atoms with Crippen LogP contribution in [0.2, 0.25) is 0 Å². The van der Waals surface area contributed by atoms with E-state index in [4.69, 9.17) is 5.73 Å². The van der Waals surface area contributed by atoms with Crippen molar-refractivity contribution in [2.24, 2.45) is 5.73 Å². The van der Waals surface area contributed by atoms with Crippen LogP contribution in [-0.2, 0) is 0 Å². The van der Waals surface area contributed by atoms with Crippen molar-refractivity contribution in [3.05, 3.63) is 10.5 Å². The molecule has 1 heterocycles. The first-order valence-electron chi connectivity index (χ1n) is 4.60. The fourth-order valence-corrected chi connectivity index (χ4v) is 2.02. The Hall–Kier alpha value is -0.750. The van der Waals surface area contributed by atoms with E-state index in [1.54, 1.807) is 4.57 Å². The number of rotatable bonds is 4. The van der Waals surface area contributed by atoms with Gasteiger partial charge in [-0.2, -0.15) is 0 Å². The Balaban J connectivity index is 2.92. The number of nitrogens with one attached hydrogen (secondary N) is 1. The van der Waals surface area contributed by atoms with Gasteiger partial charge >= 0.3 is 5.69 Å². The number of thioether (sulfide) groups is 1. The summed E-state index contributed by atoms with van der Waals surface area (Å²) >= 11 is 1.51. The van der Waals surface area contributed by atoms with E-state index in [1.807, 2.05) is 20.8 Å². The number of aromatic amines is 1. The fraction of sp³-hybridized carbons (Fsp3) is 0.750. The van der Waals surface area contributed by atoms with E-state index < -0.39 is 0 Å². The standard InChI is InChI=1S/C8H16N4OS/c1-5(2)12-7(13)10-11-8(12)14-6(3)4-9/h5-6H,4,9H2,1-3H3,(H,10,13). The highest BCUT2D eigenvalue weighted by Crippen LogP contribution is 2.20. The maximum absolute atomic E-state index is 11.4. The van der Waals surface area contributed by atoms with Gasteiger partial charge in [-0.1, -0.05) is 18.7 Å². The zero-order chi connectivity index (χ0) is 10.7. The summed E-state index contributed by atoms with van der Waals surface area (Å²) in [7, 11) is 0. The molecule has 1 rings (SSSR count). The van der Waals surface area contributed by atoms with Crippen molar-refractivity contribution in [1.82, 2.24) is 14.8 Å². The number of H-pyrrole nitrogens is 1. The van der Waals surface area contributed by atoms with E-state index in [0.29, 0.717) is 11.7 Å². The number of aromatic nitrogens is 3. The molecule has 0 amide bonds. The van der Waals surface area contributed by atoms with Gasteiger partial charge in [0.2, 0.25) is 0 Å². The van der Waals surface area contributed by atoms with Gasteiger partial charge in [0.1, 0.15) is 0 Å². The minimum Gasteiger partial charge on any atom is -0.329 e. The first-order valence-corrected chi connectivity index (χ1v) is 5.47. The van der Waals surface area contributed by atoms with Gasteiger partial charge < -0.3 is 5.73 Å². The van der Waals surface area contributed by atoms with E-state index in [2.05, 4.69) is 10.2 Å². The number of nitrogens with two attached hydrogens (primary N) is 1. The summed E-state index contributed by atoms with van der Waals surface area (Å²) in [4.78, 5) is 11.4.